The first kappa shape index (κ1) is 15.8. The number of rotatable bonds is 3. The van der Waals surface area contributed by atoms with Crippen LogP contribution in [0.15, 0.2) is 48.5 Å². The van der Waals surface area contributed by atoms with Gasteiger partial charge in [-0.3, -0.25) is 4.79 Å². The molecular weight excluding hydrogens is 314 g/mol. The topological polar surface area (TPSA) is 58.4 Å². The maximum atomic E-state index is 13.0. The molecule has 1 amide bonds. The molecule has 0 fully saturated rings. The zero-order valence-electron chi connectivity index (χ0n) is 14.2. The first-order chi connectivity index (χ1) is 12.1. The fourth-order valence-electron chi connectivity index (χ4n) is 3.59. The van der Waals surface area contributed by atoms with Crippen LogP contribution in [0.1, 0.15) is 30.8 Å². The molecule has 128 valence electrons. The summed E-state index contributed by atoms with van der Waals surface area (Å²) in [5, 5.41) is 10.1. The van der Waals surface area contributed by atoms with Crippen LogP contribution in [0.2, 0.25) is 0 Å². The Balaban J connectivity index is 1.70. The number of para-hydroxylation sites is 3. The average molecular weight is 335 g/mol. The van der Waals surface area contributed by atoms with Crippen molar-refractivity contribution < 1.29 is 9.90 Å². The van der Waals surface area contributed by atoms with E-state index >= 15 is 0 Å². The Morgan fingerprint density at radius 3 is 2.80 bits per heavy atom. The van der Waals surface area contributed by atoms with Gasteiger partial charge in [0.05, 0.1) is 11.0 Å². The quantitative estimate of drug-likeness (QED) is 0.800. The summed E-state index contributed by atoms with van der Waals surface area (Å²) >= 11 is 0. The molecule has 0 spiro atoms. The minimum atomic E-state index is -0.728. The molecule has 0 bridgehead atoms. The molecule has 5 heteroatoms. The van der Waals surface area contributed by atoms with Gasteiger partial charge in [-0.2, -0.15) is 0 Å². The first-order valence-electron chi connectivity index (χ1n) is 8.66. The molecule has 4 rings (SSSR count). The number of benzene rings is 2. The molecule has 3 aromatic rings. The number of fused-ring (bicyclic) bond motifs is 2. The Bertz CT molecular complexity index is 930. The van der Waals surface area contributed by atoms with Crippen molar-refractivity contribution in [2.75, 3.05) is 11.4 Å². The van der Waals surface area contributed by atoms with Crippen molar-refractivity contribution in [1.29, 1.82) is 0 Å². The van der Waals surface area contributed by atoms with Gasteiger partial charge in [-0.25, -0.2) is 4.98 Å². The number of anilines is 1. The van der Waals surface area contributed by atoms with Crippen LogP contribution in [-0.4, -0.2) is 27.1 Å². The highest BCUT2D eigenvalue weighted by Crippen LogP contribution is 2.28. The van der Waals surface area contributed by atoms with Gasteiger partial charge < -0.3 is 14.6 Å². The summed E-state index contributed by atoms with van der Waals surface area (Å²) in [6.45, 7) is 2.58. The number of aromatic nitrogens is 2. The number of aliphatic hydroxyl groups excluding tert-OH is 1. The Kier molecular flexibility index (Phi) is 4.01. The molecule has 5 nitrogen and oxygen atoms in total. The number of aryl methyl sites for hydroxylation is 1. The molecule has 0 saturated heterocycles. The van der Waals surface area contributed by atoms with Gasteiger partial charge in [0.25, 0.3) is 0 Å². The smallest absolute Gasteiger partial charge is 0.246 e. The van der Waals surface area contributed by atoms with Gasteiger partial charge in [-0.05, 0) is 43.5 Å². The third-order valence-corrected chi connectivity index (χ3v) is 4.76. The van der Waals surface area contributed by atoms with Crippen LogP contribution in [0.5, 0.6) is 0 Å². The lowest BCUT2D eigenvalue weighted by molar-refractivity contribution is -0.119. The first-order valence-corrected chi connectivity index (χ1v) is 8.66. The van der Waals surface area contributed by atoms with Gasteiger partial charge in [0.1, 0.15) is 18.5 Å². The van der Waals surface area contributed by atoms with Gasteiger partial charge in [0.15, 0.2) is 0 Å². The molecule has 1 aliphatic rings. The lowest BCUT2D eigenvalue weighted by atomic mass is 10.0. The number of nitrogens with zero attached hydrogens (tertiary/aromatic N) is 3. The molecule has 0 aliphatic carbocycles. The molecule has 1 atom stereocenters. The van der Waals surface area contributed by atoms with E-state index < -0.39 is 6.10 Å². The van der Waals surface area contributed by atoms with Crippen LogP contribution in [0.3, 0.4) is 0 Å². The molecule has 0 saturated carbocycles. The van der Waals surface area contributed by atoms with Crippen LogP contribution < -0.4 is 4.90 Å². The third kappa shape index (κ3) is 2.81. The maximum absolute atomic E-state index is 13.0. The minimum absolute atomic E-state index is 0.0252. The van der Waals surface area contributed by atoms with E-state index in [2.05, 4.69) is 11.1 Å². The lowest BCUT2D eigenvalue weighted by Gasteiger charge is -2.30. The van der Waals surface area contributed by atoms with Crippen molar-refractivity contribution >= 4 is 22.6 Å². The van der Waals surface area contributed by atoms with E-state index in [1.165, 1.54) is 5.56 Å². The summed E-state index contributed by atoms with van der Waals surface area (Å²) in [5.74, 6) is 0.553. The fraction of sp³-hybridized carbons (Fsp3) is 0.300. The Morgan fingerprint density at radius 1 is 1.20 bits per heavy atom. The fourth-order valence-corrected chi connectivity index (χ4v) is 3.59. The lowest BCUT2D eigenvalue weighted by Crippen LogP contribution is -2.38. The molecule has 1 unspecified atom stereocenters. The van der Waals surface area contributed by atoms with Gasteiger partial charge in [-0.1, -0.05) is 30.3 Å². The second-order valence-corrected chi connectivity index (χ2v) is 6.50. The monoisotopic (exact) mass is 335 g/mol. The van der Waals surface area contributed by atoms with Crippen molar-refractivity contribution in [1.82, 2.24) is 9.55 Å². The summed E-state index contributed by atoms with van der Waals surface area (Å²) < 4.78 is 1.83. The molecule has 1 N–H and O–H groups in total. The number of hydrogen-bond acceptors (Lipinski definition) is 3. The van der Waals surface area contributed by atoms with Crippen LogP contribution >= 0.6 is 0 Å². The van der Waals surface area contributed by atoms with E-state index in [0.29, 0.717) is 5.82 Å². The predicted octanol–water partition coefficient (Wildman–Crippen LogP) is 3.07. The summed E-state index contributed by atoms with van der Waals surface area (Å²) in [6.07, 6.45) is 1.25. The largest absolute Gasteiger partial charge is 0.385 e. The zero-order chi connectivity index (χ0) is 17.4. The number of carbonyl (C=O) groups is 1. The summed E-state index contributed by atoms with van der Waals surface area (Å²) in [7, 11) is 0. The van der Waals surface area contributed by atoms with Crippen molar-refractivity contribution in [3.8, 4) is 0 Å². The van der Waals surface area contributed by atoms with E-state index in [4.69, 9.17) is 0 Å². The molecule has 25 heavy (non-hydrogen) atoms. The molecule has 1 aromatic heterocycles. The summed E-state index contributed by atoms with van der Waals surface area (Å²) in [6, 6.07) is 15.8. The number of amides is 1. The minimum Gasteiger partial charge on any atom is -0.385 e. The Labute approximate surface area is 146 Å². The average Bonchev–Trinajstić information content (AvgIpc) is 3.00. The molecule has 0 radical (unpaired) electrons. The van der Waals surface area contributed by atoms with Gasteiger partial charge in [0, 0.05) is 12.2 Å². The predicted molar refractivity (Wildman–Crippen MR) is 97.5 cm³/mol. The van der Waals surface area contributed by atoms with Gasteiger partial charge >= 0.3 is 0 Å². The van der Waals surface area contributed by atoms with E-state index in [0.717, 1.165) is 36.1 Å². The van der Waals surface area contributed by atoms with Crippen LogP contribution in [-0.2, 0) is 17.8 Å². The van der Waals surface area contributed by atoms with Crippen LogP contribution in [0.4, 0.5) is 5.69 Å². The standard InChI is InChI=1S/C20H21N3O2/c1-14(24)20-21-16-9-3-5-11-18(16)23(20)13-19(25)22-12-6-8-15-7-2-4-10-17(15)22/h2-5,7,9-11,14,24H,6,8,12-13H2,1H3. The number of imidazole rings is 1. The van der Waals surface area contributed by atoms with E-state index in [-0.39, 0.29) is 12.5 Å². The highest BCUT2D eigenvalue weighted by molar-refractivity contribution is 5.95. The van der Waals surface area contributed by atoms with E-state index in [1.54, 1.807) is 6.92 Å². The SMILES string of the molecule is CC(O)c1nc2ccccc2n1CC(=O)N1CCCc2ccccc21. The van der Waals surface area contributed by atoms with Gasteiger partial charge in [0.2, 0.25) is 5.91 Å². The van der Waals surface area contributed by atoms with Crippen molar-refractivity contribution in [3.05, 3.63) is 59.9 Å². The molecule has 2 heterocycles. The van der Waals surface area contributed by atoms with Crippen LogP contribution in [0.25, 0.3) is 11.0 Å². The number of carbonyl (C=O) groups excluding carboxylic acids is 1. The normalized spacial score (nSPS) is 15.2. The molecule has 1 aliphatic heterocycles. The van der Waals surface area contributed by atoms with E-state index in [1.807, 2.05) is 51.9 Å². The summed E-state index contributed by atoms with van der Waals surface area (Å²) in [5.41, 5.74) is 3.89. The second-order valence-electron chi connectivity index (χ2n) is 6.50. The molecular formula is C20H21N3O2. The van der Waals surface area contributed by atoms with Gasteiger partial charge in [-0.15, -0.1) is 0 Å². The highest BCUT2D eigenvalue weighted by Gasteiger charge is 2.24. The second kappa shape index (κ2) is 6.33. The highest BCUT2D eigenvalue weighted by atomic mass is 16.3. The van der Waals surface area contributed by atoms with Crippen molar-refractivity contribution in [2.45, 2.75) is 32.4 Å². The van der Waals surface area contributed by atoms with Crippen LogP contribution in [0, 0.1) is 0 Å². The third-order valence-electron chi connectivity index (χ3n) is 4.76. The zero-order valence-corrected chi connectivity index (χ0v) is 14.2. The summed E-state index contributed by atoms with van der Waals surface area (Å²) in [4.78, 5) is 19.4. The van der Waals surface area contributed by atoms with Crippen molar-refractivity contribution in [2.24, 2.45) is 0 Å². The Morgan fingerprint density at radius 2 is 1.96 bits per heavy atom. The number of hydrogen-bond donors (Lipinski definition) is 1. The Hall–Kier alpha value is -2.66. The molecule has 2 aromatic carbocycles. The number of aliphatic hydroxyl groups is 1. The van der Waals surface area contributed by atoms with Crippen molar-refractivity contribution in [3.63, 3.8) is 0 Å². The maximum Gasteiger partial charge on any atom is 0.246 e. The van der Waals surface area contributed by atoms with E-state index in [9.17, 15) is 9.90 Å².